The molecule has 0 aliphatic heterocycles. The SMILES string of the molecule is CCNCC.O=P(O)(O)C(Br)(Br)P(=O)(O)O. The molecule has 0 saturated heterocycles. The summed E-state index contributed by atoms with van der Waals surface area (Å²) < 4.78 is 18.1. The molecule has 0 aromatic rings. The summed E-state index contributed by atoms with van der Waals surface area (Å²) >= 11 is 4.43. The normalized spacial score (nSPS) is 13.0. The van der Waals surface area contributed by atoms with Crippen LogP contribution < -0.4 is 5.32 Å². The van der Waals surface area contributed by atoms with Crippen LogP contribution in [-0.4, -0.2) is 35.4 Å². The Morgan fingerprint density at radius 2 is 1.25 bits per heavy atom. The van der Waals surface area contributed by atoms with E-state index in [2.05, 4.69) is 51.0 Å². The molecule has 0 aliphatic carbocycles. The van der Waals surface area contributed by atoms with Crippen molar-refractivity contribution in [3.05, 3.63) is 0 Å². The molecule has 0 amide bonds. The molecule has 11 heteroatoms. The molecule has 0 unspecified atom stereocenters. The Kier molecular flexibility index (Phi) is 9.30. The predicted molar refractivity (Wildman–Crippen MR) is 68.9 cm³/mol. The lowest BCUT2D eigenvalue weighted by Gasteiger charge is -2.21. The minimum absolute atomic E-state index is 1.09. The van der Waals surface area contributed by atoms with Gasteiger partial charge in [0.2, 0.25) is 0 Å². The summed E-state index contributed by atoms with van der Waals surface area (Å²) in [7, 11) is -9.84. The van der Waals surface area contributed by atoms with E-state index in [1.807, 2.05) is 0 Å². The highest BCUT2D eigenvalue weighted by molar-refractivity contribution is 9.29. The largest absolute Gasteiger partial charge is 0.365 e. The van der Waals surface area contributed by atoms with Gasteiger partial charge in [-0.2, -0.15) is 0 Å². The fraction of sp³-hybridized carbons (Fsp3) is 1.00. The van der Waals surface area contributed by atoms with E-state index in [1.165, 1.54) is 0 Å². The molecule has 0 heterocycles. The van der Waals surface area contributed by atoms with Crippen molar-refractivity contribution >= 4 is 47.1 Å². The van der Waals surface area contributed by atoms with Crippen LogP contribution in [0.5, 0.6) is 0 Å². The van der Waals surface area contributed by atoms with E-state index in [0.29, 0.717) is 0 Å². The Labute approximate surface area is 111 Å². The van der Waals surface area contributed by atoms with Crippen molar-refractivity contribution in [2.45, 2.75) is 16.6 Å². The molecule has 0 radical (unpaired) electrons. The summed E-state index contributed by atoms with van der Waals surface area (Å²) in [6.45, 7) is 6.39. The average Bonchev–Trinajstić information content (AvgIpc) is 2.02. The standard InChI is InChI=1S/C4H11N.CH4Br2O6P2/c1-3-5-4-2;2-1(3,10(4,5)6)11(7,8)9/h5H,3-4H2,1-2H3;(H2,4,5,6)(H2,7,8,9). The van der Waals surface area contributed by atoms with Crippen LogP contribution in [0.25, 0.3) is 0 Å². The molecule has 100 valence electrons. The van der Waals surface area contributed by atoms with Crippen LogP contribution in [0.2, 0.25) is 0 Å². The molecular weight excluding hydrogens is 392 g/mol. The second-order valence-corrected chi connectivity index (χ2v) is 12.3. The topological polar surface area (TPSA) is 127 Å². The molecular formula is C5H15Br2NO6P2. The van der Waals surface area contributed by atoms with Gasteiger partial charge in [0.05, 0.1) is 0 Å². The lowest BCUT2D eigenvalue weighted by Crippen LogP contribution is -2.11. The molecule has 0 fully saturated rings. The fourth-order valence-electron chi connectivity index (χ4n) is 0.420. The van der Waals surface area contributed by atoms with E-state index in [1.54, 1.807) is 0 Å². The third-order valence-electron chi connectivity index (χ3n) is 1.20. The summed E-state index contributed by atoms with van der Waals surface area (Å²) in [6.07, 6.45) is 0. The number of hydrogen-bond donors (Lipinski definition) is 5. The molecule has 0 spiro atoms. The van der Waals surface area contributed by atoms with Crippen molar-refractivity contribution in [1.29, 1.82) is 0 Å². The monoisotopic (exact) mass is 405 g/mol. The average molecular weight is 407 g/mol. The van der Waals surface area contributed by atoms with Crippen LogP contribution >= 0.6 is 47.1 Å². The van der Waals surface area contributed by atoms with E-state index in [4.69, 9.17) is 19.6 Å². The van der Waals surface area contributed by atoms with Gasteiger partial charge in [-0.3, -0.25) is 9.13 Å². The number of nitrogens with one attached hydrogen (secondary N) is 1. The first kappa shape index (κ1) is 19.6. The third-order valence-corrected chi connectivity index (χ3v) is 9.71. The number of hydrogen-bond acceptors (Lipinski definition) is 3. The van der Waals surface area contributed by atoms with Crippen LogP contribution in [0, 0.1) is 0 Å². The molecule has 0 atom stereocenters. The summed E-state index contributed by atoms with van der Waals surface area (Å²) in [4.78, 5) is 33.6. The maximum atomic E-state index is 10.4. The van der Waals surface area contributed by atoms with Gasteiger partial charge in [0.1, 0.15) is 0 Å². The minimum Gasteiger partial charge on any atom is -0.322 e. The van der Waals surface area contributed by atoms with Gasteiger partial charge < -0.3 is 24.9 Å². The highest BCUT2D eigenvalue weighted by atomic mass is 79.9. The van der Waals surface area contributed by atoms with Gasteiger partial charge in [0, 0.05) is 0 Å². The van der Waals surface area contributed by atoms with Gasteiger partial charge in [0.25, 0.3) is 2.72 Å². The number of rotatable bonds is 4. The van der Waals surface area contributed by atoms with Crippen molar-refractivity contribution in [3.8, 4) is 0 Å². The van der Waals surface area contributed by atoms with Crippen molar-refractivity contribution < 1.29 is 28.7 Å². The van der Waals surface area contributed by atoms with Gasteiger partial charge in [-0.05, 0) is 44.9 Å². The second-order valence-electron chi connectivity index (χ2n) is 2.55. The molecule has 0 rings (SSSR count). The van der Waals surface area contributed by atoms with Crippen LogP contribution in [0.15, 0.2) is 0 Å². The molecule has 5 N–H and O–H groups in total. The molecule has 0 aromatic heterocycles. The lowest BCUT2D eigenvalue weighted by molar-refractivity contribution is 0.350. The summed E-state index contributed by atoms with van der Waals surface area (Å²) in [5.41, 5.74) is 0. The highest BCUT2D eigenvalue weighted by Crippen LogP contribution is 2.75. The first-order chi connectivity index (χ1) is 6.91. The Balaban J connectivity index is 0. The maximum Gasteiger partial charge on any atom is 0.365 e. The predicted octanol–water partition coefficient (Wildman–Crippen LogP) is 1.36. The zero-order valence-corrected chi connectivity index (χ0v) is 13.6. The van der Waals surface area contributed by atoms with E-state index < -0.39 is 17.9 Å². The van der Waals surface area contributed by atoms with Gasteiger partial charge in [-0.15, -0.1) is 0 Å². The van der Waals surface area contributed by atoms with Crippen LogP contribution in [0.4, 0.5) is 0 Å². The van der Waals surface area contributed by atoms with Gasteiger partial charge in [-0.25, -0.2) is 0 Å². The van der Waals surface area contributed by atoms with Crippen molar-refractivity contribution in [2.24, 2.45) is 0 Å². The number of alkyl halides is 2. The third kappa shape index (κ3) is 6.83. The smallest absolute Gasteiger partial charge is 0.322 e. The van der Waals surface area contributed by atoms with E-state index in [-0.39, 0.29) is 0 Å². The van der Waals surface area contributed by atoms with Crippen molar-refractivity contribution in [2.75, 3.05) is 13.1 Å². The molecule has 7 nitrogen and oxygen atoms in total. The lowest BCUT2D eigenvalue weighted by atomic mass is 10.7. The first-order valence-electron chi connectivity index (χ1n) is 4.11. The van der Waals surface area contributed by atoms with E-state index in [0.717, 1.165) is 13.1 Å². The highest BCUT2D eigenvalue weighted by Gasteiger charge is 2.56. The van der Waals surface area contributed by atoms with Gasteiger partial charge >= 0.3 is 15.2 Å². The fourth-order valence-corrected chi connectivity index (χ4v) is 1.78. The van der Waals surface area contributed by atoms with E-state index in [9.17, 15) is 9.13 Å². The summed E-state index contributed by atoms with van der Waals surface area (Å²) in [5, 5.41) is 3.11. The number of halogens is 2. The summed E-state index contributed by atoms with van der Waals surface area (Å²) in [6, 6.07) is 0. The zero-order valence-electron chi connectivity index (χ0n) is 8.67. The molecule has 0 aromatic carbocycles. The molecule has 0 aliphatic rings. The summed E-state index contributed by atoms with van der Waals surface area (Å²) in [5.74, 6) is 0. The molecule has 16 heavy (non-hydrogen) atoms. The first-order valence-corrected chi connectivity index (χ1v) is 8.92. The van der Waals surface area contributed by atoms with Gasteiger partial charge in [-0.1, -0.05) is 13.8 Å². The van der Waals surface area contributed by atoms with Crippen LogP contribution in [0.3, 0.4) is 0 Å². The molecule has 0 bridgehead atoms. The van der Waals surface area contributed by atoms with Crippen molar-refractivity contribution in [1.82, 2.24) is 5.32 Å². The van der Waals surface area contributed by atoms with Crippen LogP contribution in [0.1, 0.15) is 13.8 Å². The van der Waals surface area contributed by atoms with Crippen molar-refractivity contribution in [3.63, 3.8) is 0 Å². The second kappa shape index (κ2) is 7.61. The van der Waals surface area contributed by atoms with Crippen LogP contribution in [-0.2, 0) is 9.13 Å². The Morgan fingerprint density at radius 1 is 1.00 bits per heavy atom. The minimum atomic E-state index is -4.92. The molecule has 0 saturated carbocycles. The Morgan fingerprint density at radius 3 is 1.25 bits per heavy atom. The Hall–Kier alpha value is 1.22. The maximum absolute atomic E-state index is 10.4. The van der Waals surface area contributed by atoms with E-state index >= 15 is 0 Å². The van der Waals surface area contributed by atoms with Gasteiger partial charge in [0.15, 0.2) is 0 Å². The Bertz CT molecular complexity index is 261. The quantitative estimate of drug-likeness (QED) is 0.352. The zero-order chi connectivity index (χ0) is 13.6.